The van der Waals surface area contributed by atoms with Gasteiger partial charge in [-0.15, -0.1) is 0 Å². The predicted molar refractivity (Wildman–Crippen MR) is 88.2 cm³/mol. The van der Waals surface area contributed by atoms with Crippen molar-refractivity contribution in [2.75, 3.05) is 26.2 Å². The summed E-state index contributed by atoms with van der Waals surface area (Å²) in [5.41, 5.74) is 0. The van der Waals surface area contributed by atoms with Crippen LogP contribution in [0.3, 0.4) is 0 Å². The Morgan fingerprint density at radius 3 is 2.32 bits per heavy atom. The van der Waals surface area contributed by atoms with E-state index in [0.29, 0.717) is 24.0 Å². The summed E-state index contributed by atoms with van der Waals surface area (Å²) in [7, 11) is -3.31. The molecule has 122 valence electrons. The molecule has 2 heterocycles. The van der Waals surface area contributed by atoms with Crippen molar-refractivity contribution in [3.63, 3.8) is 0 Å². The van der Waals surface area contributed by atoms with E-state index < -0.39 is 10.0 Å². The van der Waals surface area contributed by atoms with Crippen molar-refractivity contribution < 1.29 is 8.42 Å². The standard InChI is InChI=1S/C17H26N2O2S/c1-15-6-5-11-18(14-15)16-9-12-19(13-10-16)22(20,21)17-7-3-2-4-8-17/h2-4,7-8,15-16H,5-6,9-14H2,1H3/t15-/m1/s1. The molecular formula is C17H26N2O2S. The first-order valence-electron chi connectivity index (χ1n) is 8.36. The Morgan fingerprint density at radius 2 is 1.68 bits per heavy atom. The summed E-state index contributed by atoms with van der Waals surface area (Å²) in [5, 5.41) is 0. The number of piperidine rings is 2. The molecule has 0 unspecified atom stereocenters. The van der Waals surface area contributed by atoms with Crippen LogP contribution in [0.4, 0.5) is 0 Å². The first-order valence-corrected chi connectivity index (χ1v) is 9.80. The monoisotopic (exact) mass is 322 g/mol. The second kappa shape index (κ2) is 6.69. The lowest BCUT2D eigenvalue weighted by Gasteiger charge is -2.41. The first-order chi connectivity index (χ1) is 10.6. The third-order valence-corrected chi connectivity index (χ3v) is 6.92. The third-order valence-electron chi connectivity index (χ3n) is 5.01. The molecule has 0 amide bonds. The average Bonchev–Trinajstić information content (AvgIpc) is 2.56. The van der Waals surface area contributed by atoms with Gasteiger partial charge in [0.2, 0.25) is 10.0 Å². The maximum atomic E-state index is 12.6. The zero-order valence-corrected chi connectivity index (χ0v) is 14.1. The molecule has 2 aliphatic heterocycles. The van der Waals surface area contributed by atoms with E-state index in [1.54, 1.807) is 28.6 Å². The van der Waals surface area contributed by atoms with Gasteiger partial charge < -0.3 is 4.90 Å². The summed E-state index contributed by atoms with van der Waals surface area (Å²) in [5.74, 6) is 0.778. The van der Waals surface area contributed by atoms with Crippen molar-refractivity contribution in [1.82, 2.24) is 9.21 Å². The molecule has 3 rings (SSSR count). The van der Waals surface area contributed by atoms with Gasteiger partial charge in [-0.25, -0.2) is 8.42 Å². The number of hydrogen-bond acceptors (Lipinski definition) is 3. The van der Waals surface area contributed by atoms with E-state index in [1.165, 1.54) is 25.9 Å². The number of nitrogens with zero attached hydrogens (tertiary/aromatic N) is 2. The van der Waals surface area contributed by atoms with Gasteiger partial charge in [-0.05, 0) is 50.3 Å². The van der Waals surface area contributed by atoms with E-state index in [4.69, 9.17) is 0 Å². The second-order valence-corrected chi connectivity index (χ2v) is 8.63. The predicted octanol–water partition coefficient (Wildman–Crippen LogP) is 2.57. The summed E-state index contributed by atoms with van der Waals surface area (Å²) in [4.78, 5) is 3.00. The van der Waals surface area contributed by atoms with Crippen molar-refractivity contribution in [3.8, 4) is 0 Å². The minimum Gasteiger partial charge on any atom is -0.300 e. The maximum Gasteiger partial charge on any atom is 0.243 e. The highest BCUT2D eigenvalue weighted by atomic mass is 32.2. The van der Waals surface area contributed by atoms with Gasteiger partial charge in [0.15, 0.2) is 0 Å². The highest BCUT2D eigenvalue weighted by Crippen LogP contribution is 2.26. The molecule has 1 atom stereocenters. The first kappa shape index (κ1) is 16.0. The molecule has 2 fully saturated rings. The van der Waals surface area contributed by atoms with Gasteiger partial charge >= 0.3 is 0 Å². The van der Waals surface area contributed by atoms with Crippen LogP contribution >= 0.6 is 0 Å². The van der Waals surface area contributed by atoms with Crippen LogP contribution in [0.15, 0.2) is 35.2 Å². The molecule has 0 bridgehead atoms. The van der Waals surface area contributed by atoms with Crippen molar-refractivity contribution in [3.05, 3.63) is 30.3 Å². The van der Waals surface area contributed by atoms with Crippen LogP contribution in [0.25, 0.3) is 0 Å². The maximum absolute atomic E-state index is 12.6. The molecule has 0 N–H and O–H groups in total. The van der Waals surface area contributed by atoms with Crippen molar-refractivity contribution >= 4 is 10.0 Å². The molecule has 2 saturated heterocycles. The molecule has 0 aromatic heterocycles. The van der Waals surface area contributed by atoms with Crippen LogP contribution in [0.1, 0.15) is 32.6 Å². The molecule has 4 nitrogen and oxygen atoms in total. The fraction of sp³-hybridized carbons (Fsp3) is 0.647. The summed E-state index contributed by atoms with van der Waals surface area (Å²) in [6, 6.07) is 9.36. The Labute approximate surface area is 134 Å². The van der Waals surface area contributed by atoms with Gasteiger partial charge in [0.1, 0.15) is 0 Å². The van der Waals surface area contributed by atoms with Crippen molar-refractivity contribution in [2.45, 2.75) is 43.5 Å². The molecule has 1 aromatic rings. The van der Waals surface area contributed by atoms with Gasteiger partial charge in [-0.3, -0.25) is 0 Å². The van der Waals surface area contributed by atoms with Crippen LogP contribution in [0.5, 0.6) is 0 Å². The van der Waals surface area contributed by atoms with E-state index >= 15 is 0 Å². The lowest BCUT2D eigenvalue weighted by Crippen LogP contribution is -2.49. The third kappa shape index (κ3) is 3.36. The largest absolute Gasteiger partial charge is 0.300 e. The molecule has 0 spiro atoms. The Kier molecular flexibility index (Phi) is 4.85. The minimum absolute atomic E-state index is 0.417. The summed E-state index contributed by atoms with van der Waals surface area (Å²) >= 11 is 0. The number of likely N-dealkylation sites (tertiary alicyclic amines) is 1. The molecule has 0 radical (unpaired) electrons. The number of hydrogen-bond donors (Lipinski definition) is 0. The van der Waals surface area contributed by atoms with Gasteiger partial charge in [0.25, 0.3) is 0 Å². The molecule has 0 aliphatic carbocycles. The van der Waals surface area contributed by atoms with Crippen LogP contribution in [-0.2, 0) is 10.0 Å². The topological polar surface area (TPSA) is 40.6 Å². The van der Waals surface area contributed by atoms with Crippen LogP contribution in [0.2, 0.25) is 0 Å². The van der Waals surface area contributed by atoms with Crippen molar-refractivity contribution in [1.29, 1.82) is 0 Å². The Morgan fingerprint density at radius 1 is 1.00 bits per heavy atom. The van der Waals surface area contributed by atoms with Crippen LogP contribution in [0, 0.1) is 5.92 Å². The minimum atomic E-state index is -3.31. The second-order valence-electron chi connectivity index (χ2n) is 6.69. The molecule has 22 heavy (non-hydrogen) atoms. The SMILES string of the molecule is C[C@@H]1CCCN(C2CCN(S(=O)(=O)c3ccccc3)CC2)C1. The quantitative estimate of drug-likeness (QED) is 0.859. The number of rotatable bonds is 3. The van der Waals surface area contributed by atoms with Gasteiger partial charge in [0, 0.05) is 25.7 Å². The van der Waals surface area contributed by atoms with Gasteiger partial charge in [-0.2, -0.15) is 4.31 Å². The summed E-state index contributed by atoms with van der Waals surface area (Å²) in [6.07, 6.45) is 4.53. The number of benzene rings is 1. The molecule has 1 aromatic carbocycles. The molecular weight excluding hydrogens is 296 g/mol. The highest BCUT2D eigenvalue weighted by Gasteiger charge is 2.32. The summed E-state index contributed by atoms with van der Waals surface area (Å²) < 4.78 is 26.9. The Hall–Kier alpha value is -0.910. The van der Waals surface area contributed by atoms with E-state index in [-0.39, 0.29) is 0 Å². The lowest BCUT2D eigenvalue weighted by atomic mass is 9.96. The van der Waals surface area contributed by atoms with Crippen LogP contribution in [-0.4, -0.2) is 49.8 Å². The Balaban J connectivity index is 1.62. The van der Waals surface area contributed by atoms with E-state index in [9.17, 15) is 8.42 Å². The Bertz CT molecular complexity index is 580. The van der Waals surface area contributed by atoms with E-state index in [2.05, 4.69) is 11.8 Å². The fourth-order valence-corrected chi connectivity index (χ4v) is 5.24. The normalized spacial score (nSPS) is 26.1. The number of sulfonamides is 1. The highest BCUT2D eigenvalue weighted by molar-refractivity contribution is 7.89. The van der Waals surface area contributed by atoms with E-state index in [0.717, 1.165) is 18.8 Å². The lowest BCUT2D eigenvalue weighted by molar-refractivity contribution is 0.0944. The molecule has 0 saturated carbocycles. The van der Waals surface area contributed by atoms with Crippen LogP contribution < -0.4 is 0 Å². The fourth-order valence-electron chi connectivity index (χ4n) is 3.75. The molecule has 2 aliphatic rings. The van der Waals surface area contributed by atoms with Gasteiger partial charge in [0.05, 0.1) is 4.90 Å². The summed E-state index contributed by atoms with van der Waals surface area (Å²) in [6.45, 7) is 5.97. The van der Waals surface area contributed by atoms with Gasteiger partial charge in [-0.1, -0.05) is 25.1 Å². The zero-order valence-electron chi connectivity index (χ0n) is 13.3. The van der Waals surface area contributed by atoms with Crippen molar-refractivity contribution in [2.24, 2.45) is 5.92 Å². The smallest absolute Gasteiger partial charge is 0.243 e. The molecule has 5 heteroatoms. The zero-order chi connectivity index (χ0) is 15.6. The van der Waals surface area contributed by atoms with E-state index in [1.807, 2.05) is 6.07 Å². The average molecular weight is 322 g/mol.